The number of benzene rings is 1. The smallest absolute Gasteiger partial charge is 0.272 e. The number of hydrogen-bond donors (Lipinski definition) is 0. The van der Waals surface area contributed by atoms with Gasteiger partial charge in [0.05, 0.1) is 6.61 Å². The molecule has 1 heterocycles. The Morgan fingerprint density at radius 1 is 1.42 bits per heavy atom. The van der Waals surface area contributed by atoms with Gasteiger partial charge in [-0.1, -0.05) is 30.3 Å². The van der Waals surface area contributed by atoms with Crippen molar-refractivity contribution in [1.82, 2.24) is 0 Å². The normalized spacial score (nSPS) is 26.7. The van der Waals surface area contributed by atoms with Gasteiger partial charge in [0, 0.05) is 25.3 Å². The Morgan fingerprint density at radius 3 is 2.74 bits per heavy atom. The monoisotopic (exact) mass is 270 g/mol. The van der Waals surface area contributed by atoms with Gasteiger partial charge in [0.1, 0.15) is 6.17 Å². The van der Waals surface area contributed by atoms with Crippen LogP contribution >= 0.6 is 0 Å². The number of rotatable bonds is 4. The fraction of sp³-hybridized carbons (Fsp3) is 0.500. The van der Waals surface area contributed by atoms with E-state index in [1.807, 2.05) is 0 Å². The molecule has 1 aromatic rings. The van der Waals surface area contributed by atoms with Gasteiger partial charge in [0.2, 0.25) is 5.78 Å². The lowest BCUT2D eigenvalue weighted by molar-refractivity contribution is -0.248. The number of halogens is 2. The largest absolute Gasteiger partial charge is 0.352 e. The highest BCUT2D eigenvalue weighted by Gasteiger charge is 2.39. The molecule has 2 unspecified atom stereocenters. The van der Waals surface area contributed by atoms with Crippen molar-refractivity contribution in [2.45, 2.75) is 38.1 Å². The third-order valence-corrected chi connectivity index (χ3v) is 2.98. The van der Waals surface area contributed by atoms with Gasteiger partial charge in [-0.05, 0) is 0 Å². The summed E-state index contributed by atoms with van der Waals surface area (Å²) in [6, 6.07) is 8.01. The van der Waals surface area contributed by atoms with Crippen molar-refractivity contribution >= 4 is 5.78 Å². The number of carbonyl (C=O) groups is 1. The summed E-state index contributed by atoms with van der Waals surface area (Å²) in [6.45, 7) is 1.19. The van der Waals surface area contributed by atoms with Crippen LogP contribution in [-0.4, -0.2) is 30.7 Å². The van der Waals surface area contributed by atoms with Crippen molar-refractivity contribution in [3.8, 4) is 0 Å². The van der Waals surface area contributed by atoms with Gasteiger partial charge >= 0.3 is 0 Å². The molecule has 1 saturated heterocycles. The quantitative estimate of drug-likeness (QED) is 0.789. The second-order valence-corrected chi connectivity index (χ2v) is 4.65. The first-order chi connectivity index (χ1) is 8.99. The maximum Gasteiger partial charge on any atom is 0.272 e. The van der Waals surface area contributed by atoms with Gasteiger partial charge in [-0.25, -0.2) is 8.78 Å². The van der Waals surface area contributed by atoms with E-state index in [1.54, 1.807) is 18.2 Å². The second-order valence-electron chi connectivity index (χ2n) is 4.65. The minimum absolute atomic E-state index is 0.0540. The summed E-state index contributed by atoms with van der Waals surface area (Å²) in [6.07, 6.45) is -1.88. The van der Waals surface area contributed by atoms with E-state index in [4.69, 9.17) is 9.47 Å². The molecule has 1 fully saturated rings. The topological polar surface area (TPSA) is 35.5 Å². The zero-order valence-electron chi connectivity index (χ0n) is 10.6. The maximum atomic E-state index is 14.3. The van der Waals surface area contributed by atoms with Crippen molar-refractivity contribution < 1.29 is 23.0 Å². The van der Waals surface area contributed by atoms with E-state index in [9.17, 15) is 13.6 Å². The average Bonchev–Trinajstić information content (AvgIpc) is 2.38. The molecule has 0 saturated carbocycles. The molecule has 1 aliphatic rings. The van der Waals surface area contributed by atoms with Gasteiger partial charge < -0.3 is 9.47 Å². The Balaban J connectivity index is 2.03. The summed E-state index contributed by atoms with van der Waals surface area (Å²) in [4.78, 5) is 12.0. The Morgan fingerprint density at radius 2 is 2.11 bits per heavy atom. The average molecular weight is 270 g/mol. The summed E-state index contributed by atoms with van der Waals surface area (Å²) in [5.74, 6) is -3.32. The van der Waals surface area contributed by atoms with Crippen molar-refractivity contribution in [2.75, 3.05) is 6.61 Å². The lowest BCUT2D eigenvalue weighted by Gasteiger charge is -2.30. The van der Waals surface area contributed by atoms with E-state index >= 15 is 0 Å². The van der Waals surface area contributed by atoms with Gasteiger partial charge in [-0.2, -0.15) is 0 Å². The molecule has 3 nitrogen and oxygen atoms in total. The molecule has 1 aliphatic heterocycles. The Hall–Kier alpha value is -1.33. The van der Waals surface area contributed by atoms with E-state index in [0.29, 0.717) is 0 Å². The van der Waals surface area contributed by atoms with Crippen LogP contribution in [-0.2, 0) is 9.47 Å². The van der Waals surface area contributed by atoms with E-state index in [-0.39, 0.29) is 25.0 Å². The molecule has 1 aromatic carbocycles. The molecule has 19 heavy (non-hydrogen) atoms. The Labute approximate surface area is 110 Å². The van der Waals surface area contributed by atoms with Crippen molar-refractivity contribution in [3.63, 3.8) is 0 Å². The fourth-order valence-corrected chi connectivity index (χ4v) is 1.95. The highest BCUT2D eigenvalue weighted by atomic mass is 19.2. The van der Waals surface area contributed by atoms with Gasteiger partial charge in [-0.3, -0.25) is 4.79 Å². The molecule has 0 amide bonds. The summed E-state index contributed by atoms with van der Waals surface area (Å²) in [5, 5.41) is 0. The van der Waals surface area contributed by atoms with Crippen LogP contribution in [0.25, 0.3) is 0 Å². The highest BCUT2D eigenvalue weighted by molar-refractivity contribution is 6.01. The third kappa shape index (κ3) is 3.58. The SMILES string of the molecule is C[C@@](F)(OC1CC(F)CCO1)C(=O)c1ccccc1. The van der Waals surface area contributed by atoms with Gasteiger partial charge in [0.25, 0.3) is 5.85 Å². The number of Topliss-reactive ketones (excluding diaryl/α,β-unsaturated/α-hetero) is 1. The number of ketones is 1. The van der Waals surface area contributed by atoms with Crippen LogP contribution in [0.3, 0.4) is 0 Å². The molecular weight excluding hydrogens is 254 g/mol. The highest BCUT2D eigenvalue weighted by Crippen LogP contribution is 2.26. The molecule has 5 heteroatoms. The van der Waals surface area contributed by atoms with Crippen LogP contribution in [0, 0.1) is 0 Å². The second kappa shape index (κ2) is 5.75. The van der Waals surface area contributed by atoms with Crippen LogP contribution in [0.2, 0.25) is 0 Å². The van der Waals surface area contributed by atoms with E-state index in [0.717, 1.165) is 6.92 Å². The first kappa shape index (κ1) is 14.1. The van der Waals surface area contributed by atoms with E-state index < -0.39 is 24.1 Å². The first-order valence-electron chi connectivity index (χ1n) is 6.21. The molecule has 2 rings (SSSR count). The molecule has 104 valence electrons. The lowest BCUT2D eigenvalue weighted by Crippen LogP contribution is -2.41. The number of carbonyl (C=O) groups excluding carboxylic acids is 1. The molecule has 0 aliphatic carbocycles. The third-order valence-electron chi connectivity index (χ3n) is 2.98. The number of hydrogen-bond acceptors (Lipinski definition) is 3. The predicted octanol–water partition coefficient (Wildman–Crippen LogP) is 3.05. The Kier molecular flexibility index (Phi) is 4.27. The molecule has 3 atom stereocenters. The molecule has 0 spiro atoms. The van der Waals surface area contributed by atoms with E-state index in [1.165, 1.54) is 12.1 Å². The maximum absolute atomic E-state index is 14.3. The van der Waals surface area contributed by atoms with Crippen LogP contribution in [0.1, 0.15) is 30.1 Å². The van der Waals surface area contributed by atoms with Crippen LogP contribution in [0.4, 0.5) is 8.78 Å². The van der Waals surface area contributed by atoms with Crippen molar-refractivity contribution in [1.29, 1.82) is 0 Å². The summed E-state index contributed by atoms with van der Waals surface area (Å²) in [5.41, 5.74) is 0.208. The number of alkyl halides is 2. The van der Waals surface area contributed by atoms with Crippen LogP contribution < -0.4 is 0 Å². The van der Waals surface area contributed by atoms with Crippen molar-refractivity contribution in [2.24, 2.45) is 0 Å². The first-order valence-corrected chi connectivity index (χ1v) is 6.21. The molecule has 0 aromatic heterocycles. The zero-order valence-corrected chi connectivity index (χ0v) is 10.6. The summed E-state index contributed by atoms with van der Waals surface area (Å²) in [7, 11) is 0. The predicted molar refractivity (Wildman–Crippen MR) is 65.2 cm³/mol. The molecule has 0 radical (unpaired) electrons. The zero-order chi connectivity index (χ0) is 13.9. The molecular formula is C14H16F2O3. The minimum atomic E-state index is -2.52. The van der Waals surface area contributed by atoms with Crippen molar-refractivity contribution in [3.05, 3.63) is 35.9 Å². The van der Waals surface area contributed by atoms with E-state index in [2.05, 4.69) is 0 Å². The van der Waals surface area contributed by atoms with Crippen LogP contribution in [0.5, 0.6) is 0 Å². The van der Waals surface area contributed by atoms with Gasteiger partial charge in [-0.15, -0.1) is 0 Å². The minimum Gasteiger partial charge on any atom is -0.352 e. The molecule has 0 N–H and O–H groups in total. The summed E-state index contributed by atoms with van der Waals surface area (Å²) >= 11 is 0. The Bertz CT molecular complexity index is 434. The lowest BCUT2D eigenvalue weighted by atomic mass is 10.1. The van der Waals surface area contributed by atoms with Crippen LogP contribution in [0.15, 0.2) is 30.3 Å². The van der Waals surface area contributed by atoms with Gasteiger partial charge in [0.15, 0.2) is 6.29 Å². The number of ether oxygens (including phenoxy) is 2. The summed E-state index contributed by atoms with van der Waals surface area (Å²) < 4.78 is 37.6. The molecule has 0 bridgehead atoms. The standard InChI is InChI=1S/C14H16F2O3/c1-14(16,13(17)10-5-3-2-4-6-10)19-12-9-11(15)7-8-18-12/h2-6,11-12H,7-9H2,1H3/t11?,12?,14-/m1/s1. The fourth-order valence-electron chi connectivity index (χ4n) is 1.95.